The van der Waals surface area contributed by atoms with E-state index in [9.17, 15) is 0 Å². The SMILES string of the molecule is CC1(CC2COc3ccccc32)CCC(N)C1. The van der Waals surface area contributed by atoms with Crippen molar-refractivity contribution in [1.82, 2.24) is 0 Å². The summed E-state index contributed by atoms with van der Waals surface area (Å²) in [7, 11) is 0. The Hall–Kier alpha value is -1.02. The summed E-state index contributed by atoms with van der Waals surface area (Å²) < 4.78 is 5.76. The highest BCUT2D eigenvalue weighted by atomic mass is 16.5. The van der Waals surface area contributed by atoms with Crippen LogP contribution in [-0.2, 0) is 0 Å². The summed E-state index contributed by atoms with van der Waals surface area (Å²) >= 11 is 0. The van der Waals surface area contributed by atoms with E-state index in [1.165, 1.54) is 31.2 Å². The molecule has 2 N–H and O–H groups in total. The Bertz CT molecular complexity index is 417. The highest BCUT2D eigenvalue weighted by Crippen LogP contribution is 2.47. The van der Waals surface area contributed by atoms with Gasteiger partial charge in [-0.05, 0) is 37.2 Å². The first-order valence-electron chi connectivity index (χ1n) is 6.64. The first-order valence-corrected chi connectivity index (χ1v) is 6.64. The Labute approximate surface area is 103 Å². The average Bonchev–Trinajstić information content (AvgIpc) is 2.85. The van der Waals surface area contributed by atoms with E-state index < -0.39 is 0 Å². The molecule has 2 heteroatoms. The lowest BCUT2D eigenvalue weighted by atomic mass is 9.78. The van der Waals surface area contributed by atoms with Gasteiger partial charge in [0, 0.05) is 17.5 Å². The van der Waals surface area contributed by atoms with Gasteiger partial charge >= 0.3 is 0 Å². The molecule has 0 bridgehead atoms. The zero-order chi connectivity index (χ0) is 11.9. The zero-order valence-corrected chi connectivity index (χ0v) is 10.5. The number of rotatable bonds is 2. The summed E-state index contributed by atoms with van der Waals surface area (Å²) in [4.78, 5) is 0. The van der Waals surface area contributed by atoms with Crippen molar-refractivity contribution in [3.8, 4) is 5.75 Å². The van der Waals surface area contributed by atoms with E-state index in [1.807, 2.05) is 0 Å². The lowest BCUT2D eigenvalue weighted by molar-refractivity contribution is 0.243. The molecule has 2 nitrogen and oxygen atoms in total. The van der Waals surface area contributed by atoms with Crippen molar-refractivity contribution in [3.63, 3.8) is 0 Å². The Morgan fingerprint density at radius 2 is 2.24 bits per heavy atom. The second kappa shape index (κ2) is 4.02. The number of fused-ring (bicyclic) bond motifs is 1. The van der Waals surface area contributed by atoms with Crippen LogP contribution in [0.2, 0.25) is 0 Å². The highest BCUT2D eigenvalue weighted by Gasteiger charge is 2.37. The molecule has 0 saturated heterocycles. The maximum Gasteiger partial charge on any atom is 0.122 e. The summed E-state index contributed by atoms with van der Waals surface area (Å²) in [5.74, 6) is 1.66. The highest BCUT2D eigenvalue weighted by molar-refractivity contribution is 5.39. The molecule has 1 heterocycles. The number of ether oxygens (including phenoxy) is 1. The third-order valence-corrected chi connectivity index (χ3v) is 4.41. The van der Waals surface area contributed by atoms with Crippen LogP contribution in [0.25, 0.3) is 0 Å². The minimum atomic E-state index is 0.414. The molecule has 3 rings (SSSR count). The largest absolute Gasteiger partial charge is 0.493 e. The first kappa shape index (κ1) is 11.1. The number of nitrogens with two attached hydrogens (primary N) is 1. The van der Waals surface area contributed by atoms with E-state index in [-0.39, 0.29) is 0 Å². The zero-order valence-electron chi connectivity index (χ0n) is 10.5. The van der Waals surface area contributed by atoms with E-state index in [0.717, 1.165) is 12.4 Å². The van der Waals surface area contributed by atoms with Crippen LogP contribution in [0.3, 0.4) is 0 Å². The summed E-state index contributed by atoms with van der Waals surface area (Å²) in [5.41, 5.74) is 7.87. The van der Waals surface area contributed by atoms with E-state index in [1.54, 1.807) is 0 Å². The van der Waals surface area contributed by atoms with Gasteiger partial charge in [-0.3, -0.25) is 0 Å². The van der Waals surface area contributed by atoms with Gasteiger partial charge in [0.1, 0.15) is 5.75 Å². The fraction of sp³-hybridized carbons (Fsp3) is 0.600. The molecule has 0 radical (unpaired) electrons. The van der Waals surface area contributed by atoms with E-state index in [4.69, 9.17) is 10.5 Å². The smallest absolute Gasteiger partial charge is 0.122 e. The standard InChI is InChI=1S/C15H21NO/c1-15(7-6-12(16)9-15)8-11-10-17-14-5-3-2-4-13(11)14/h2-5,11-12H,6-10,16H2,1H3. The molecular weight excluding hydrogens is 210 g/mol. The maximum absolute atomic E-state index is 6.05. The molecule has 1 fully saturated rings. The molecule has 1 saturated carbocycles. The molecule has 92 valence electrons. The quantitative estimate of drug-likeness (QED) is 0.849. The minimum absolute atomic E-state index is 0.414. The molecule has 3 atom stereocenters. The third kappa shape index (κ3) is 2.06. The van der Waals surface area contributed by atoms with E-state index in [0.29, 0.717) is 17.4 Å². The molecule has 1 aliphatic heterocycles. The summed E-state index contributed by atoms with van der Waals surface area (Å²) in [5, 5.41) is 0. The molecule has 3 unspecified atom stereocenters. The van der Waals surface area contributed by atoms with E-state index >= 15 is 0 Å². The summed E-state index contributed by atoms with van der Waals surface area (Å²) in [6.07, 6.45) is 4.85. The second-order valence-electron chi connectivity index (χ2n) is 6.06. The molecule has 1 aliphatic carbocycles. The van der Waals surface area contributed by atoms with Gasteiger partial charge in [0.25, 0.3) is 0 Å². The third-order valence-electron chi connectivity index (χ3n) is 4.41. The molecule has 2 aliphatic rings. The Kier molecular flexibility index (Phi) is 2.62. The van der Waals surface area contributed by atoms with Crippen molar-refractivity contribution in [2.24, 2.45) is 11.1 Å². The van der Waals surface area contributed by atoms with Gasteiger partial charge in [-0.25, -0.2) is 0 Å². The van der Waals surface area contributed by atoms with Crippen molar-refractivity contribution in [3.05, 3.63) is 29.8 Å². The number of para-hydroxylation sites is 1. The molecule has 0 spiro atoms. The number of hydrogen-bond donors (Lipinski definition) is 1. The van der Waals surface area contributed by atoms with Crippen molar-refractivity contribution < 1.29 is 4.74 Å². The van der Waals surface area contributed by atoms with Crippen LogP contribution < -0.4 is 10.5 Å². The molecule has 1 aromatic carbocycles. The van der Waals surface area contributed by atoms with Crippen LogP contribution in [-0.4, -0.2) is 12.6 Å². The van der Waals surface area contributed by atoms with E-state index in [2.05, 4.69) is 31.2 Å². The van der Waals surface area contributed by atoms with Gasteiger partial charge in [-0.15, -0.1) is 0 Å². The second-order valence-corrected chi connectivity index (χ2v) is 6.06. The van der Waals surface area contributed by atoms with Crippen LogP contribution in [0.5, 0.6) is 5.75 Å². The van der Waals surface area contributed by atoms with Crippen LogP contribution in [0, 0.1) is 5.41 Å². The summed E-state index contributed by atoms with van der Waals surface area (Å²) in [6.45, 7) is 3.24. The van der Waals surface area contributed by atoms with Crippen molar-refractivity contribution in [1.29, 1.82) is 0 Å². The van der Waals surface area contributed by atoms with Crippen molar-refractivity contribution in [2.45, 2.75) is 44.6 Å². The molecule has 0 aromatic heterocycles. The predicted molar refractivity (Wildman–Crippen MR) is 69.2 cm³/mol. The van der Waals surface area contributed by atoms with Crippen LogP contribution in [0.4, 0.5) is 0 Å². The predicted octanol–water partition coefficient (Wildman–Crippen LogP) is 3.07. The number of hydrogen-bond acceptors (Lipinski definition) is 2. The van der Waals surface area contributed by atoms with Crippen molar-refractivity contribution in [2.75, 3.05) is 6.61 Å². The van der Waals surface area contributed by atoms with Gasteiger partial charge in [0.2, 0.25) is 0 Å². The minimum Gasteiger partial charge on any atom is -0.493 e. The molecule has 0 amide bonds. The molecule has 17 heavy (non-hydrogen) atoms. The molecular formula is C15H21NO. The Morgan fingerprint density at radius 3 is 3.00 bits per heavy atom. The van der Waals surface area contributed by atoms with Gasteiger partial charge in [-0.1, -0.05) is 25.1 Å². The fourth-order valence-electron chi connectivity index (χ4n) is 3.55. The van der Waals surface area contributed by atoms with Crippen LogP contribution >= 0.6 is 0 Å². The van der Waals surface area contributed by atoms with Crippen LogP contribution in [0.15, 0.2) is 24.3 Å². The summed E-state index contributed by atoms with van der Waals surface area (Å²) in [6, 6.07) is 8.87. The lowest BCUT2D eigenvalue weighted by Gasteiger charge is -2.26. The van der Waals surface area contributed by atoms with Crippen molar-refractivity contribution >= 4 is 0 Å². The monoisotopic (exact) mass is 231 g/mol. The normalized spacial score (nSPS) is 35.6. The van der Waals surface area contributed by atoms with Gasteiger partial charge < -0.3 is 10.5 Å². The van der Waals surface area contributed by atoms with Gasteiger partial charge in [0.15, 0.2) is 0 Å². The van der Waals surface area contributed by atoms with Crippen LogP contribution in [0.1, 0.15) is 44.1 Å². The van der Waals surface area contributed by atoms with Gasteiger partial charge in [0.05, 0.1) is 6.61 Å². The van der Waals surface area contributed by atoms with Gasteiger partial charge in [-0.2, -0.15) is 0 Å². The maximum atomic E-state index is 6.05. The fourth-order valence-corrected chi connectivity index (χ4v) is 3.55. The number of benzene rings is 1. The Morgan fingerprint density at radius 1 is 1.41 bits per heavy atom. The topological polar surface area (TPSA) is 35.2 Å². The average molecular weight is 231 g/mol. The Balaban J connectivity index is 1.75. The molecule has 1 aromatic rings. The first-order chi connectivity index (χ1) is 8.16. The lowest BCUT2D eigenvalue weighted by Crippen LogP contribution is -2.21.